The summed E-state index contributed by atoms with van der Waals surface area (Å²) in [4.78, 5) is 2.41. The molecule has 176 valence electrons. The van der Waals surface area contributed by atoms with Crippen LogP contribution in [0.4, 0.5) is 5.69 Å². The van der Waals surface area contributed by atoms with Crippen LogP contribution in [0.3, 0.4) is 0 Å². The van der Waals surface area contributed by atoms with Crippen molar-refractivity contribution >= 4 is 11.8 Å². The highest BCUT2D eigenvalue weighted by atomic mass is 16.5. The zero-order valence-electron chi connectivity index (χ0n) is 19.7. The topological polar surface area (TPSA) is 43.0 Å². The second kappa shape index (κ2) is 10.8. The van der Waals surface area contributed by atoms with E-state index in [2.05, 4.69) is 70.9 Å². The van der Waals surface area contributed by atoms with E-state index in [1.807, 2.05) is 18.2 Å². The third-order valence-corrected chi connectivity index (χ3v) is 6.51. The summed E-state index contributed by atoms with van der Waals surface area (Å²) in [7, 11) is 1.71. The van der Waals surface area contributed by atoms with Gasteiger partial charge in [0.25, 0.3) is 0 Å². The molecule has 1 atom stereocenters. The number of hydrogen-bond acceptors (Lipinski definition) is 5. The summed E-state index contributed by atoms with van der Waals surface area (Å²) >= 11 is 0. The average molecular weight is 457 g/mol. The molecule has 3 aromatic rings. The number of nitrogens with zero attached hydrogens (tertiary/aromatic N) is 1. The predicted octanol–water partition coefficient (Wildman–Crippen LogP) is 5.01. The molecule has 0 radical (unpaired) electrons. The highest BCUT2D eigenvalue weighted by Crippen LogP contribution is 2.36. The van der Waals surface area contributed by atoms with Gasteiger partial charge in [0.15, 0.2) is 11.5 Å². The number of morpholine rings is 1. The van der Waals surface area contributed by atoms with Crippen molar-refractivity contribution in [3.63, 3.8) is 0 Å². The fraction of sp³-hybridized carbons (Fsp3) is 0.310. The van der Waals surface area contributed by atoms with Gasteiger partial charge in [-0.05, 0) is 46.9 Å². The Morgan fingerprint density at radius 1 is 1.00 bits per heavy atom. The highest BCUT2D eigenvalue weighted by Gasteiger charge is 2.21. The fourth-order valence-corrected chi connectivity index (χ4v) is 4.70. The monoisotopic (exact) mass is 456 g/mol. The van der Waals surface area contributed by atoms with Gasteiger partial charge in [0.1, 0.15) is 6.61 Å². The molecule has 5 rings (SSSR count). The fourth-order valence-electron chi connectivity index (χ4n) is 4.70. The van der Waals surface area contributed by atoms with Crippen molar-refractivity contribution in [2.75, 3.05) is 44.9 Å². The highest BCUT2D eigenvalue weighted by molar-refractivity contribution is 5.68. The molecule has 0 saturated carbocycles. The van der Waals surface area contributed by atoms with Crippen LogP contribution < -0.4 is 19.7 Å². The molecule has 1 unspecified atom stereocenters. The molecule has 0 aromatic heterocycles. The van der Waals surface area contributed by atoms with E-state index >= 15 is 0 Å². The van der Waals surface area contributed by atoms with Crippen molar-refractivity contribution < 1.29 is 14.2 Å². The van der Waals surface area contributed by atoms with Gasteiger partial charge in [0.05, 0.1) is 26.4 Å². The number of rotatable bonds is 7. The van der Waals surface area contributed by atoms with Crippen molar-refractivity contribution in [2.24, 2.45) is 0 Å². The van der Waals surface area contributed by atoms with Crippen LogP contribution >= 0.6 is 0 Å². The minimum Gasteiger partial charge on any atom is -0.493 e. The maximum atomic E-state index is 6.15. The summed E-state index contributed by atoms with van der Waals surface area (Å²) in [5.41, 5.74) is 6.19. The van der Waals surface area contributed by atoms with Crippen LogP contribution in [0.15, 0.2) is 72.8 Å². The predicted molar refractivity (Wildman–Crippen MR) is 137 cm³/mol. The van der Waals surface area contributed by atoms with Crippen LogP contribution in [-0.4, -0.2) is 40.0 Å². The smallest absolute Gasteiger partial charge is 0.161 e. The van der Waals surface area contributed by atoms with Gasteiger partial charge in [-0.25, -0.2) is 0 Å². The number of benzene rings is 3. The second-order valence-electron chi connectivity index (χ2n) is 8.68. The number of methoxy groups -OCH3 is 1. The summed E-state index contributed by atoms with van der Waals surface area (Å²) in [6.07, 6.45) is 5.47. The molecular formula is C29H32N2O3. The summed E-state index contributed by atoms with van der Waals surface area (Å²) in [5, 5.41) is 3.66. The maximum Gasteiger partial charge on any atom is 0.161 e. The first kappa shape index (κ1) is 22.5. The van der Waals surface area contributed by atoms with Crippen LogP contribution in [0, 0.1) is 0 Å². The molecule has 3 aromatic carbocycles. The second-order valence-corrected chi connectivity index (χ2v) is 8.68. The van der Waals surface area contributed by atoms with Gasteiger partial charge in [0.2, 0.25) is 0 Å². The molecule has 1 N–H and O–H groups in total. The molecule has 0 bridgehead atoms. The Bertz CT molecular complexity index is 1120. The molecule has 1 saturated heterocycles. The lowest BCUT2D eigenvalue weighted by molar-refractivity contribution is 0.122. The van der Waals surface area contributed by atoms with Crippen LogP contribution in [-0.2, 0) is 17.8 Å². The SMILES string of the molecule is COc1cc2c(cc1OCc1ccccc1)CCNC2C=Cc1ccccc1N1CCOCC1. The van der Waals surface area contributed by atoms with Crippen molar-refractivity contribution in [1.82, 2.24) is 5.32 Å². The Kier molecular flexibility index (Phi) is 7.13. The summed E-state index contributed by atoms with van der Waals surface area (Å²) in [6.45, 7) is 4.87. The number of para-hydroxylation sites is 1. The third kappa shape index (κ3) is 5.11. The summed E-state index contributed by atoms with van der Waals surface area (Å²) in [6, 6.07) is 23.2. The summed E-state index contributed by atoms with van der Waals surface area (Å²) < 4.78 is 17.4. The molecule has 0 amide bonds. The van der Waals surface area contributed by atoms with Gasteiger partial charge >= 0.3 is 0 Å². The quantitative estimate of drug-likeness (QED) is 0.541. The van der Waals surface area contributed by atoms with Gasteiger partial charge in [-0.2, -0.15) is 0 Å². The first-order valence-electron chi connectivity index (χ1n) is 12.0. The van der Waals surface area contributed by atoms with Gasteiger partial charge < -0.3 is 24.4 Å². The van der Waals surface area contributed by atoms with Crippen molar-refractivity contribution in [2.45, 2.75) is 19.1 Å². The van der Waals surface area contributed by atoms with E-state index in [-0.39, 0.29) is 6.04 Å². The Labute approximate surface area is 202 Å². The molecule has 34 heavy (non-hydrogen) atoms. The van der Waals surface area contributed by atoms with Gasteiger partial charge in [-0.3, -0.25) is 0 Å². The molecule has 2 heterocycles. The first-order chi connectivity index (χ1) is 16.8. The van der Waals surface area contributed by atoms with E-state index in [1.54, 1.807) is 7.11 Å². The number of fused-ring (bicyclic) bond motifs is 1. The lowest BCUT2D eigenvalue weighted by Crippen LogP contribution is -2.36. The van der Waals surface area contributed by atoms with E-state index in [0.29, 0.717) is 6.61 Å². The van der Waals surface area contributed by atoms with E-state index < -0.39 is 0 Å². The van der Waals surface area contributed by atoms with Crippen molar-refractivity contribution in [3.8, 4) is 11.5 Å². The zero-order chi connectivity index (χ0) is 23.2. The molecule has 5 nitrogen and oxygen atoms in total. The summed E-state index contributed by atoms with van der Waals surface area (Å²) in [5.74, 6) is 1.57. The van der Waals surface area contributed by atoms with E-state index in [9.17, 15) is 0 Å². The van der Waals surface area contributed by atoms with E-state index in [1.165, 1.54) is 22.4 Å². The lowest BCUT2D eigenvalue weighted by Gasteiger charge is -2.30. The normalized spacial score (nSPS) is 18.0. The maximum absolute atomic E-state index is 6.15. The molecule has 2 aliphatic rings. The molecule has 1 fully saturated rings. The zero-order valence-corrected chi connectivity index (χ0v) is 19.7. The van der Waals surface area contributed by atoms with Crippen LogP contribution in [0.5, 0.6) is 11.5 Å². The van der Waals surface area contributed by atoms with Crippen molar-refractivity contribution in [3.05, 3.63) is 95.1 Å². The van der Waals surface area contributed by atoms with Gasteiger partial charge in [-0.15, -0.1) is 0 Å². The first-order valence-corrected chi connectivity index (χ1v) is 12.0. The van der Waals surface area contributed by atoms with E-state index in [4.69, 9.17) is 14.2 Å². The molecule has 2 aliphatic heterocycles. The minimum atomic E-state index is 0.124. The van der Waals surface area contributed by atoms with E-state index in [0.717, 1.165) is 56.3 Å². The van der Waals surface area contributed by atoms with Crippen molar-refractivity contribution in [1.29, 1.82) is 0 Å². The Balaban J connectivity index is 1.37. The third-order valence-electron chi connectivity index (χ3n) is 6.51. The van der Waals surface area contributed by atoms with Gasteiger partial charge in [0, 0.05) is 25.3 Å². The molecular weight excluding hydrogens is 424 g/mol. The number of ether oxygens (including phenoxy) is 3. The average Bonchev–Trinajstić information content (AvgIpc) is 2.91. The van der Waals surface area contributed by atoms with Gasteiger partial charge in [-0.1, -0.05) is 60.7 Å². The van der Waals surface area contributed by atoms with Crippen LogP contribution in [0.2, 0.25) is 0 Å². The Morgan fingerprint density at radius 2 is 1.79 bits per heavy atom. The largest absolute Gasteiger partial charge is 0.493 e. The molecule has 5 heteroatoms. The number of anilines is 1. The Hall–Kier alpha value is -3.28. The Morgan fingerprint density at radius 3 is 2.62 bits per heavy atom. The number of nitrogens with one attached hydrogen (secondary N) is 1. The number of hydrogen-bond donors (Lipinski definition) is 1. The minimum absolute atomic E-state index is 0.124. The molecule has 0 spiro atoms. The van der Waals surface area contributed by atoms with Crippen LogP contribution in [0.1, 0.15) is 28.3 Å². The molecule has 0 aliphatic carbocycles. The lowest BCUT2D eigenvalue weighted by atomic mass is 9.93. The van der Waals surface area contributed by atoms with Crippen LogP contribution in [0.25, 0.3) is 6.08 Å². The standard InChI is InChI=1S/C29H32N2O3/c1-32-28-20-25-24(19-29(28)34-21-22-7-3-2-4-8-22)13-14-30-26(25)12-11-23-9-5-6-10-27(23)31-15-17-33-18-16-31/h2-12,19-20,26,30H,13-18,21H2,1H3.